The van der Waals surface area contributed by atoms with E-state index in [1.54, 1.807) is 0 Å². The van der Waals surface area contributed by atoms with Crippen molar-refractivity contribution in [2.75, 3.05) is 31.1 Å². The normalized spacial score (nSPS) is 40.1. The van der Waals surface area contributed by atoms with E-state index in [9.17, 15) is 0 Å². The summed E-state index contributed by atoms with van der Waals surface area (Å²) in [7, 11) is 0. The highest BCUT2D eigenvalue weighted by Crippen LogP contribution is 2.43. The van der Waals surface area contributed by atoms with Crippen molar-refractivity contribution in [3.05, 3.63) is 0 Å². The van der Waals surface area contributed by atoms with E-state index in [0.717, 1.165) is 6.54 Å². The topological polar surface area (TPSA) is 29.3 Å². The first-order valence-corrected chi connectivity index (χ1v) is 8.24. The Morgan fingerprint density at radius 3 is 2.62 bits per heavy atom. The van der Waals surface area contributed by atoms with Crippen LogP contribution in [0.3, 0.4) is 0 Å². The van der Waals surface area contributed by atoms with Crippen molar-refractivity contribution in [1.82, 2.24) is 4.90 Å². The highest BCUT2D eigenvalue weighted by atomic mass is 32.2. The molecule has 0 amide bonds. The maximum atomic E-state index is 6.12. The van der Waals surface area contributed by atoms with Crippen LogP contribution >= 0.6 is 23.5 Å². The Labute approximate surface area is 108 Å². The molecule has 2 N–H and O–H groups in total. The molecule has 2 heterocycles. The fourth-order valence-electron chi connectivity index (χ4n) is 2.98. The SMILES string of the molecule is CC1SCCC1(CN)N1CCSC(C)(C)C1. The summed E-state index contributed by atoms with van der Waals surface area (Å²) >= 11 is 4.20. The third kappa shape index (κ3) is 2.26. The van der Waals surface area contributed by atoms with Gasteiger partial charge >= 0.3 is 0 Å². The largest absolute Gasteiger partial charge is 0.329 e. The van der Waals surface area contributed by atoms with Gasteiger partial charge in [0.1, 0.15) is 0 Å². The fraction of sp³-hybridized carbons (Fsp3) is 1.00. The van der Waals surface area contributed by atoms with E-state index in [-0.39, 0.29) is 5.54 Å². The predicted molar refractivity (Wildman–Crippen MR) is 76.4 cm³/mol. The maximum absolute atomic E-state index is 6.12. The number of hydrogen-bond donors (Lipinski definition) is 1. The van der Waals surface area contributed by atoms with Gasteiger partial charge in [0.2, 0.25) is 0 Å². The van der Waals surface area contributed by atoms with Gasteiger partial charge in [-0.15, -0.1) is 0 Å². The van der Waals surface area contributed by atoms with Gasteiger partial charge in [-0.1, -0.05) is 6.92 Å². The Kier molecular flexibility index (Phi) is 3.85. The van der Waals surface area contributed by atoms with Crippen LogP contribution in [0.1, 0.15) is 27.2 Å². The van der Waals surface area contributed by atoms with E-state index in [1.807, 2.05) is 0 Å². The van der Waals surface area contributed by atoms with Gasteiger partial charge in [0.15, 0.2) is 0 Å². The number of rotatable bonds is 2. The minimum Gasteiger partial charge on any atom is -0.329 e. The van der Waals surface area contributed by atoms with Crippen LogP contribution in [-0.2, 0) is 0 Å². The summed E-state index contributed by atoms with van der Waals surface area (Å²) in [6.07, 6.45) is 1.27. The van der Waals surface area contributed by atoms with Crippen LogP contribution in [0, 0.1) is 0 Å². The minimum absolute atomic E-state index is 0.281. The van der Waals surface area contributed by atoms with Gasteiger partial charge in [0.25, 0.3) is 0 Å². The van der Waals surface area contributed by atoms with Crippen LogP contribution in [0.25, 0.3) is 0 Å². The highest BCUT2D eigenvalue weighted by molar-refractivity contribution is 8.00. The van der Waals surface area contributed by atoms with E-state index in [2.05, 4.69) is 49.2 Å². The van der Waals surface area contributed by atoms with Gasteiger partial charge in [0.05, 0.1) is 0 Å². The van der Waals surface area contributed by atoms with Crippen LogP contribution in [0.2, 0.25) is 0 Å². The molecule has 2 atom stereocenters. The monoisotopic (exact) mass is 260 g/mol. The summed E-state index contributed by atoms with van der Waals surface area (Å²) in [5.41, 5.74) is 6.40. The van der Waals surface area contributed by atoms with Crippen LogP contribution in [-0.4, -0.2) is 51.6 Å². The Morgan fingerprint density at radius 2 is 2.12 bits per heavy atom. The molecule has 2 aliphatic heterocycles. The molecule has 0 aromatic rings. The first kappa shape index (κ1) is 13.1. The standard InChI is InChI=1S/C12H24N2S2/c1-10-12(8-13,4-6-15-10)14-5-7-16-11(2,3)9-14/h10H,4-9,13H2,1-3H3. The molecule has 2 rings (SSSR count). The van der Waals surface area contributed by atoms with Gasteiger partial charge < -0.3 is 5.73 Å². The molecule has 2 saturated heterocycles. The summed E-state index contributed by atoms with van der Waals surface area (Å²) in [5, 5.41) is 0.691. The molecule has 16 heavy (non-hydrogen) atoms. The summed E-state index contributed by atoms with van der Waals surface area (Å²) < 4.78 is 0.396. The van der Waals surface area contributed by atoms with Crippen molar-refractivity contribution in [2.45, 2.75) is 42.7 Å². The third-order valence-electron chi connectivity index (χ3n) is 4.07. The zero-order chi connectivity index (χ0) is 11.8. The minimum atomic E-state index is 0.281. The lowest BCUT2D eigenvalue weighted by Gasteiger charge is -2.49. The first-order valence-electron chi connectivity index (χ1n) is 6.21. The Bertz CT molecular complexity index is 257. The molecule has 0 aromatic carbocycles. The number of thioether (sulfide) groups is 2. The van der Waals surface area contributed by atoms with E-state index in [0.29, 0.717) is 10.00 Å². The summed E-state index contributed by atoms with van der Waals surface area (Å²) in [6.45, 7) is 10.3. The molecule has 0 aliphatic carbocycles. The molecule has 2 aliphatic rings. The molecule has 2 nitrogen and oxygen atoms in total. The van der Waals surface area contributed by atoms with Crippen molar-refractivity contribution < 1.29 is 0 Å². The summed E-state index contributed by atoms with van der Waals surface area (Å²) in [6, 6.07) is 0. The second kappa shape index (κ2) is 4.71. The van der Waals surface area contributed by atoms with Crippen molar-refractivity contribution in [3.63, 3.8) is 0 Å². The van der Waals surface area contributed by atoms with Crippen molar-refractivity contribution in [3.8, 4) is 0 Å². The van der Waals surface area contributed by atoms with E-state index in [4.69, 9.17) is 5.73 Å². The Morgan fingerprint density at radius 1 is 1.38 bits per heavy atom. The van der Waals surface area contributed by atoms with E-state index < -0.39 is 0 Å². The Balaban J connectivity index is 2.15. The maximum Gasteiger partial charge on any atom is 0.0456 e. The predicted octanol–water partition coefficient (Wildman–Crippen LogP) is 2.04. The molecule has 0 radical (unpaired) electrons. The van der Waals surface area contributed by atoms with Crippen LogP contribution in [0.5, 0.6) is 0 Å². The zero-order valence-electron chi connectivity index (χ0n) is 10.7. The molecule has 0 saturated carbocycles. The molecular weight excluding hydrogens is 236 g/mol. The van der Waals surface area contributed by atoms with Crippen molar-refractivity contribution in [2.24, 2.45) is 5.73 Å². The van der Waals surface area contributed by atoms with Gasteiger partial charge in [-0.2, -0.15) is 23.5 Å². The molecule has 0 spiro atoms. The Hall–Kier alpha value is 0.620. The fourth-order valence-corrected chi connectivity index (χ4v) is 5.59. The van der Waals surface area contributed by atoms with Crippen LogP contribution in [0.4, 0.5) is 0 Å². The summed E-state index contributed by atoms with van der Waals surface area (Å²) in [5.74, 6) is 2.54. The second-order valence-electron chi connectivity index (χ2n) is 5.60. The van der Waals surface area contributed by atoms with Crippen molar-refractivity contribution in [1.29, 1.82) is 0 Å². The zero-order valence-corrected chi connectivity index (χ0v) is 12.3. The quantitative estimate of drug-likeness (QED) is 0.823. The smallest absolute Gasteiger partial charge is 0.0456 e. The molecule has 2 fully saturated rings. The van der Waals surface area contributed by atoms with E-state index >= 15 is 0 Å². The molecule has 0 aromatic heterocycles. The lowest BCUT2D eigenvalue weighted by molar-refractivity contribution is 0.0917. The van der Waals surface area contributed by atoms with Crippen molar-refractivity contribution >= 4 is 23.5 Å². The average Bonchev–Trinajstić information content (AvgIpc) is 2.59. The van der Waals surface area contributed by atoms with Gasteiger partial charge in [-0.05, 0) is 26.0 Å². The molecule has 0 bridgehead atoms. The third-order valence-corrected chi connectivity index (χ3v) is 6.74. The van der Waals surface area contributed by atoms with E-state index in [1.165, 1.54) is 31.0 Å². The molecule has 2 unspecified atom stereocenters. The molecular formula is C12H24N2S2. The molecule has 4 heteroatoms. The highest BCUT2D eigenvalue weighted by Gasteiger charge is 2.47. The number of hydrogen-bond acceptors (Lipinski definition) is 4. The lowest BCUT2D eigenvalue weighted by atomic mass is 9.89. The van der Waals surface area contributed by atoms with Gasteiger partial charge in [0, 0.05) is 40.9 Å². The average molecular weight is 260 g/mol. The first-order chi connectivity index (χ1) is 7.50. The lowest BCUT2D eigenvalue weighted by Crippen LogP contribution is -2.62. The summed E-state index contributed by atoms with van der Waals surface area (Å²) in [4.78, 5) is 2.69. The van der Waals surface area contributed by atoms with Crippen LogP contribution < -0.4 is 5.73 Å². The van der Waals surface area contributed by atoms with Gasteiger partial charge in [-0.25, -0.2) is 0 Å². The van der Waals surface area contributed by atoms with Gasteiger partial charge in [-0.3, -0.25) is 4.90 Å². The second-order valence-corrected chi connectivity index (χ2v) is 8.85. The number of nitrogens with zero attached hydrogens (tertiary/aromatic N) is 1. The van der Waals surface area contributed by atoms with Crippen LogP contribution in [0.15, 0.2) is 0 Å². The number of nitrogens with two attached hydrogens (primary N) is 1. The molecule has 94 valence electrons.